The second kappa shape index (κ2) is 6.97. The zero-order valence-corrected chi connectivity index (χ0v) is 12.2. The van der Waals surface area contributed by atoms with Crippen LogP contribution in [-0.4, -0.2) is 50.2 Å². The van der Waals surface area contributed by atoms with E-state index < -0.39 is 6.04 Å². The van der Waals surface area contributed by atoms with Crippen molar-refractivity contribution in [1.29, 1.82) is 0 Å². The molecule has 1 aliphatic heterocycles. The van der Waals surface area contributed by atoms with E-state index in [1.165, 1.54) is 12.0 Å². The van der Waals surface area contributed by atoms with Gasteiger partial charge in [-0.05, 0) is 25.0 Å². The average Bonchev–Trinajstić information content (AvgIpc) is 3.01. The van der Waals surface area contributed by atoms with E-state index in [2.05, 4.69) is 0 Å². The number of amides is 1. The van der Waals surface area contributed by atoms with E-state index in [-0.39, 0.29) is 18.5 Å². The monoisotopic (exact) mass is 293 g/mol. The topological polar surface area (TPSA) is 65.1 Å². The van der Waals surface area contributed by atoms with Gasteiger partial charge in [0.05, 0.1) is 14.2 Å². The van der Waals surface area contributed by atoms with Crippen molar-refractivity contribution < 1.29 is 23.8 Å². The van der Waals surface area contributed by atoms with Crippen LogP contribution in [0, 0.1) is 0 Å². The fourth-order valence-electron chi connectivity index (χ4n) is 2.37. The Balaban J connectivity index is 1.93. The molecule has 21 heavy (non-hydrogen) atoms. The van der Waals surface area contributed by atoms with Crippen molar-refractivity contribution in [2.75, 3.05) is 27.4 Å². The highest BCUT2D eigenvalue weighted by atomic mass is 16.5. The van der Waals surface area contributed by atoms with Gasteiger partial charge in [-0.25, -0.2) is 4.79 Å². The van der Waals surface area contributed by atoms with Crippen LogP contribution in [0.25, 0.3) is 0 Å². The summed E-state index contributed by atoms with van der Waals surface area (Å²) in [4.78, 5) is 25.3. The number of likely N-dealkylation sites (tertiary alicyclic amines) is 1. The number of methoxy groups -OCH3 is 2. The molecule has 1 aliphatic rings. The first-order chi connectivity index (χ1) is 10.2. The highest BCUT2D eigenvalue weighted by Gasteiger charge is 2.34. The summed E-state index contributed by atoms with van der Waals surface area (Å²) in [5.74, 6) is 0.623. The molecule has 0 radical (unpaired) electrons. The standard InChI is InChI=1S/C15H19NO5/c1-19-11-5-3-6-12(9-11)21-10-14(17)16-8-4-7-13(16)15(18)20-2/h3,5-6,9,13H,4,7-8,10H2,1-2H3. The summed E-state index contributed by atoms with van der Waals surface area (Å²) in [7, 11) is 2.89. The molecule has 0 N–H and O–H groups in total. The van der Waals surface area contributed by atoms with Gasteiger partial charge in [-0.15, -0.1) is 0 Å². The minimum Gasteiger partial charge on any atom is -0.497 e. The Hall–Kier alpha value is -2.24. The van der Waals surface area contributed by atoms with Gasteiger partial charge < -0.3 is 19.1 Å². The van der Waals surface area contributed by atoms with E-state index in [4.69, 9.17) is 14.2 Å². The van der Waals surface area contributed by atoms with E-state index >= 15 is 0 Å². The van der Waals surface area contributed by atoms with Crippen LogP contribution in [0.2, 0.25) is 0 Å². The molecule has 0 aliphatic carbocycles. The number of carbonyl (C=O) groups excluding carboxylic acids is 2. The highest BCUT2D eigenvalue weighted by molar-refractivity contribution is 5.85. The van der Waals surface area contributed by atoms with Gasteiger partial charge in [0.25, 0.3) is 5.91 Å². The predicted molar refractivity (Wildman–Crippen MR) is 75.2 cm³/mol. The molecule has 6 heteroatoms. The SMILES string of the molecule is COC(=O)C1CCCN1C(=O)COc1cccc(OC)c1. The third-order valence-electron chi connectivity index (χ3n) is 3.45. The molecule has 1 aromatic carbocycles. The lowest BCUT2D eigenvalue weighted by Gasteiger charge is -2.22. The van der Waals surface area contributed by atoms with Crippen molar-refractivity contribution in [2.24, 2.45) is 0 Å². The van der Waals surface area contributed by atoms with Crippen molar-refractivity contribution in [3.63, 3.8) is 0 Å². The lowest BCUT2D eigenvalue weighted by molar-refractivity contribution is -0.151. The van der Waals surface area contributed by atoms with Crippen LogP contribution in [0.1, 0.15) is 12.8 Å². The average molecular weight is 293 g/mol. The van der Waals surface area contributed by atoms with E-state index in [0.29, 0.717) is 24.5 Å². The molecular formula is C15H19NO5. The number of rotatable bonds is 5. The molecule has 1 heterocycles. The fraction of sp³-hybridized carbons (Fsp3) is 0.467. The van der Waals surface area contributed by atoms with E-state index in [1.807, 2.05) is 0 Å². The number of hydrogen-bond donors (Lipinski definition) is 0. The van der Waals surface area contributed by atoms with Gasteiger partial charge in [-0.2, -0.15) is 0 Å². The third-order valence-corrected chi connectivity index (χ3v) is 3.45. The number of hydrogen-bond acceptors (Lipinski definition) is 5. The summed E-state index contributed by atoms with van der Waals surface area (Å²) >= 11 is 0. The lowest BCUT2D eigenvalue weighted by Crippen LogP contribution is -2.43. The number of nitrogens with zero attached hydrogens (tertiary/aromatic N) is 1. The molecule has 1 amide bonds. The lowest BCUT2D eigenvalue weighted by atomic mass is 10.2. The number of esters is 1. The van der Waals surface area contributed by atoms with Crippen LogP contribution in [0.15, 0.2) is 24.3 Å². The fourth-order valence-corrected chi connectivity index (χ4v) is 2.37. The molecule has 1 fully saturated rings. The molecule has 1 aromatic rings. The van der Waals surface area contributed by atoms with Gasteiger partial charge >= 0.3 is 5.97 Å². The van der Waals surface area contributed by atoms with E-state index in [0.717, 1.165) is 6.42 Å². The quantitative estimate of drug-likeness (QED) is 0.764. The largest absolute Gasteiger partial charge is 0.497 e. The smallest absolute Gasteiger partial charge is 0.328 e. The first kappa shape index (κ1) is 15.2. The van der Waals surface area contributed by atoms with Crippen molar-refractivity contribution >= 4 is 11.9 Å². The summed E-state index contributed by atoms with van der Waals surface area (Å²) in [6, 6.07) is 6.54. The number of benzene rings is 1. The van der Waals surface area contributed by atoms with Crippen LogP contribution in [-0.2, 0) is 14.3 Å². The zero-order valence-electron chi connectivity index (χ0n) is 12.2. The molecule has 1 saturated heterocycles. The molecule has 114 valence electrons. The Morgan fingerprint density at radius 1 is 1.29 bits per heavy atom. The van der Waals surface area contributed by atoms with Crippen LogP contribution in [0.5, 0.6) is 11.5 Å². The summed E-state index contributed by atoms with van der Waals surface area (Å²) in [6.07, 6.45) is 1.43. The maximum atomic E-state index is 12.2. The Labute approximate surface area is 123 Å². The van der Waals surface area contributed by atoms with Gasteiger partial charge in [0.15, 0.2) is 6.61 Å². The van der Waals surface area contributed by atoms with Crippen molar-refractivity contribution in [3.8, 4) is 11.5 Å². The van der Waals surface area contributed by atoms with Crippen molar-refractivity contribution in [1.82, 2.24) is 4.90 Å². The second-order valence-electron chi connectivity index (χ2n) is 4.74. The van der Waals surface area contributed by atoms with Gasteiger partial charge in [0.1, 0.15) is 17.5 Å². The summed E-state index contributed by atoms with van der Waals surface area (Å²) < 4.78 is 15.3. The summed E-state index contributed by atoms with van der Waals surface area (Å²) in [5, 5.41) is 0. The highest BCUT2D eigenvalue weighted by Crippen LogP contribution is 2.21. The summed E-state index contributed by atoms with van der Waals surface area (Å²) in [5.41, 5.74) is 0. The van der Waals surface area contributed by atoms with E-state index in [1.54, 1.807) is 31.4 Å². The zero-order chi connectivity index (χ0) is 15.2. The maximum absolute atomic E-state index is 12.2. The Kier molecular flexibility index (Phi) is 5.03. The van der Waals surface area contributed by atoms with E-state index in [9.17, 15) is 9.59 Å². The Morgan fingerprint density at radius 3 is 2.76 bits per heavy atom. The molecule has 0 spiro atoms. The Morgan fingerprint density at radius 2 is 2.05 bits per heavy atom. The number of carbonyl (C=O) groups is 2. The molecule has 0 bridgehead atoms. The van der Waals surface area contributed by atoms with Gasteiger partial charge in [0, 0.05) is 12.6 Å². The minimum absolute atomic E-state index is 0.110. The third kappa shape index (κ3) is 3.65. The second-order valence-corrected chi connectivity index (χ2v) is 4.74. The first-order valence-electron chi connectivity index (χ1n) is 6.80. The van der Waals surface area contributed by atoms with Gasteiger partial charge in [-0.1, -0.05) is 6.07 Å². The Bertz CT molecular complexity index is 517. The van der Waals surface area contributed by atoms with Crippen LogP contribution in [0.3, 0.4) is 0 Å². The van der Waals surface area contributed by atoms with Crippen LogP contribution < -0.4 is 9.47 Å². The van der Waals surface area contributed by atoms with Gasteiger partial charge in [-0.3, -0.25) is 4.79 Å². The molecule has 1 atom stereocenters. The van der Waals surface area contributed by atoms with Gasteiger partial charge in [0.2, 0.25) is 0 Å². The van der Waals surface area contributed by atoms with Crippen molar-refractivity contribution in [3.05, 3.63) is 24.3 Å². The normalized spacial score (nSPS) is 17.4. The van der Waals surface area contributed by atoms with Crippen LogP contribution >= 0.6 is 0 Å². The molecule has 2 rings (SSSR count). The number of ether oxygens (including phenoxy) is 3. The molecule has 1 unspecified atom stereocenters. The molecular weight excluding hydrogens is 274 g/mol. The molecule has 0 saturated carbocycles. The predicted octanol–water partition coefficient (Wildman–Crippen LogP) is 1.24. The summed E-state index contributed by atoms with van der Waals surface area (Å²) in [6.45, 7) is 0.445. The van der Waals surface area contributed by atoms with Crippen molar-refractivity contribution in [2.45, 2.75) is 18.9 Å². The molecule has 0 aromatic heterocycles. The minimum atomic E-state index is -0.489. The first-order valence-corrected chi connectivity index (χ1v) is 6.80. The maximum Gasteiger partial charge on any atom is 0.328 e. The van der Waals surface area contributed by atoms with Crippen LogP contribution in [0.4, 0.5) is 0 Å². The molecule has 6 nitrogen and oxygen atoms in total.